The maximum Gasteiger partial charge on any atom is 0.192 e. The summed E-state index contributed by atoms with van der Waals surface area (Å²) in [5, 5.41) is 0.303. The molecule has 24 heavy (non-hydrogen) atoms. The van der Waals surface area contributed by atoms with Gasteiger partial charge >= 0.3 is 0 Å². The molecule has 3 heteroatoms. The van der Waals surface area contributed by atoms with Gasteiger partial charge in [0.05, 0.1) is 6.10 Å². The van der Waals surface area contributed by atoms with E-state index >= 15 is 0 Å². The SMILES string of the molecule is CCCCC/C(I)=C\CC(O[Si](C)(C)C(C)(C)C)C1CCCCC1. The smallest absolute Gasteiger partial charge is 0.192 e. The van der Waals surface area contributed by atoms with Gasteiger partial charge in [-0.3, -0.25) is 0 Å². The van der Waals surface area contributed by atoms with Crippen LogP contribution in [-0.2, 0) is 4.43 Å². The molecular weight excluding hydrogens is 423 g/mol. The Kier molecular flexibility index (Phi) is 10.1. The molecule has 0 spiro atoms. The first-order valence-electron chi connectivity index (χ1n) is 10.2. The monoisotopic (exact) mass is 464 g/mol. The van der Waals surface area contributed by atoms with E-state index in [1.807, 2.05) is 0 Å². The number of unbranched alkanes of at least 4 members (excludes halogenated alkanes) is 2. The summed E-state index contributed by atoms with van der Waals surface area (Å²) in [6, 6.07) is 0. The van der Waals surface area contributed by atoms with E-state index in [1.54, 1.807) is 3.58 Å². The molecule has 1 aliphatic rings. The van der Waals surface area contributed by atoms with Gasteiger partial charge in [-0.2, -0.15) is 0 Å². The normalized spacial score (nSPS) is 19.5. The van der Waals surface area contributed by atoms with E-state index in [0.717, 1.165) is 12.3 Å². The van der Waals surface area contributed by atoms with Crippen molar-refractivity contribution in [3.05, 3.63) is 9.66 Å². The van der Waals surface area contributed by atoms with Gasteiger partial charge in [0, 0.05) is 0 Å². The van der Waals surface area contributed by atoms with Crippen LogP contribution in [0, 0.1) is 5.92 Å². The summed E-state index contributed by atoms with van der Waals surface area (Å²) in [4.78, 5) is 0. The average molecular weight is 465 g/mol. The van der Waals surface area contributed by atoms with Gasteiger partial charge in [-0.1, -0.05) is 65.9 Å². The fourth-order valence-electron chi connectivity index (χ4n) is 3.29. The molecule has 1 rings (SSSR count). The van der Waals surface area contributed by atoms with Crippen LogP contribution in [0.25, 0.3) is 0 Å². The molecule has 1 nitrogen and oxygen atoms in total. The Morgan fingerprint density at radius 1 is 1.17 bits per heavy atom. The highest BCUT2D eigenvalue weighted by atomic mass is 127. The lowest BCUT2D eigenvalue weighted by Gasteiger charge is -2.42. The van der Waals surface area contributed by atoms with E-state index in [-0.39, 0.29) is 0 Å². The quantitative estimate of drug-likeness (QED) is 0.190. The van der Waals surface area contributed by atoms with Crippen LogP contribution < -0.4 is 0 Å². The second-order valence-corrected chi connectivity index (χ2v) is 15.3. The number of allylic oxidation sites excluding steroid dienone is 1. The van der Waals surface area contributed by atoms with E-state index in [4.69, 9.17) is 4.43 Å². The number of hydrogen-bond acceptors (Lipinski definition) is 1. The fourth-order valence-corrected chi connectivity index (χ4v) is 5.32. The predicted molar refractivity (Wildman–Crippen MR) is 120 cm³/mol. The van der Waals surface area contributed by atoms with Crippen molar-refractivity contribution in [2.24, 2.45) is 5.92 Å². The second-order valence-electron chi connectivity index (χ2n) is 9.16. The third-order valence-corrected chi connectivity index (χ3v) is 11.5. The maximum atomic E-state index is 6.91. The Morgan fingerprint density at radius 2 is 1.79 bits per heavy atom. The summed E-state index contributed by atoms with van der Waals surface area (Å²) in [6.45, 7) is 14.2. The Balaban J connectivity index is 2.72. The van der Waals surface area contributed by atoms with E-state index in [9.17, 15) is 0 Å². The molecule has 0 aromatic rings. The Labute approximate surface area is 166 Å². The molecular formula is C21H41IOSi. The van der Waals surface area contributed by atoms with Crippen molar-refractivity contribution in [1.82, 2.24) is 0 Å². The van der Waals surface area contributed by atoms with E-state index < -0.39 is 8.32 Å². The van der Waals surface area contributed by atoms with Gasteiger partial charge in [-0.25, -0.2) is 0 Å². The second kappa shape index (κ2) is 10.7. The molecule has 1 atom stereocenters. The lowest BCUT2D eigenvalue weighted by atomic mass is 9.84. The molecule has 142 valence electrons. The number of hydrogen-bond donors (Lipinski definition) is 0. The molecule has 1 saturated carbocycles. The van der Waals surface area contributed by atoms with E-state index in [2.05, 4.69) is 69.5 Å². The molecule has 0 aliphatic heterocycles. The van der Waals surface area contributed by atoms with E-state index in [0.29, 0.717) is 11.1 Å². The summed E-state index contributed by atoms with van der Waals surface area (Å²) in [6.07, 6.45) is 16.3. The molecule has 0 aromatic heterocycles. The highest BCUT2D eigenvalue weighted by molar-refractivity contribution is 14.1. The zero-order chi connectivity index (χ0) is 18.2. The van der Waals surface area contributed by atoms with Crippen LogP contribution in [0.15, 0.2) is 9.66 Å². The first-order valence-corrected chi connectivity index (χ1v) is 14.2. The van der Waals surface area contributed by atoms with Crippen LogP contribution in [0.5, 0.6) is 0 Å². The van der Waals surface area contributed by atoms with Crippen LogP contribution in [-0.4, -0.2) is 14.4 Å². The fraction of sp³-hybridized carbons (Fsp3) is 0.905. The highest BCUT2D eigenvalue weighted by Crippen LogP contribution is 2.40. The van der Waals surface area contributed by atoms with Gasteiger partial charge in [0.25, 0.3) is 0 Å². The molecule has 0 N–H and O–H groups in total. The molecule has 0 bridgehead atoms. The van der Waals surface area contributed by atoms with Crippen LogP contribution in [0.1, 0.15) is 91.9 Å². The van der Waals surface area contributed by atoms with Gasteiger partial charge in [-0.05, 0) is 82.3 Å². The van der Waals surface area contributed by atoms with Crippen molar-refractivity contribution < 1.29 is 4.43 Å². The Hall–Kier alpha value is 0.647. The molecule has 0 amide bonds. The summed E-state index contributed by atoms with van der Waals surface area (Å²) < 4.78 is 8.45. The predicted octanol–water partition coefficient (Wildman–Crippen LogP) is 8.25. The average Bonchev–Trinajstić information content (AvgIpc) is 2.51. The topological polar surface area (TPSA) is 9.23 Å². The van der Waals surface area contributed by atoms with Crippen molar-refractivity contribution in [3.8, 4) is 0 Å². The minimum atomic E-state index is -1.69. The van der Waals surface area contributed by atoms with Crippen molar-refractivity contribution in [2.45, 2.75) is 116 Å². The zero-order valence-corrected chi connectivity index (χ0v) is 20.2. The molecule has 0 saturated heterocycles. The van der Waals surface area contributed by atoms with Crippen LogP contribution in [0.4, 0.5) is 0 Å². The minimum Gasteiger partial charge on any atom is -0.413 e. The molecule has 1 aliphatic carbocycles. The summed E-state index contributed by atoms with van der Waals surface area (Å²) >= 11 is 2.56. The van der Waals surface area contributed by atoms with Crippen molar-refractivity contribution >= 4 is 30.9 Å². The van der Waals surface area contributed by atoms with Gasteiger partial charge < -0.3 is 4.43 Å². The minimum absolute atomic E-state index is 0.303. The summed E-state index contributed by atoms with van der Waals surface area (Å²) in [7, 11) is -1.69. The van der Waals surface area contributed by atoms with Crippen molar-refractivity contribution in [1.29, 1.82) is 0 Å². The molecule has 0 aromatic carbocycles. The lowest BCUT2D eigenvalue weighted by Crippen LogP contribution is -2.46. The standard InChI is InChI=1S/C21H41IOSi/c1-7-8-10-15-19(22)16-17-20(18-13-11-9-12-14-18)23-24(5,6)21(2,3)4/h16,18,20H,7-15,17H2,1-6H3/b19-16+. The van der Waals surface area contributed by atoms with Gasteiger partial charge in [0.1, 0.15) is 0 Å². The number of rotatable bonds is 9. The lowest BCUT2D eigenvalue weighted by molar-refractivity contribution is 0.0958. The molecule has 0 heterocycles. The Bertz CT molecular complexity index is 378. The van der Waals surface area contributed by atoms with Crippen molar-refractivity contribution in [2.75, 3.05) is 0 Å². The van der Waals surface area contributed by atoms with Crippen LogP contribution in [0.3, 0.4) is 0 Å². The first kappa shape index (κ1) is 22.7. The van der Waals surface area contributed by atoms with Gasteiger partial charge in [0.2, 0.25) is 0 Å². The van der Waals surface area contributed by atoms with Crippen LogP contribution in [0.2, 0.25) is 18.1 Å². The first-order chi connectivity index (χ1) is 11.2. The third kappa shape index (κ3) is 7.90. The van der Waals surface area contributed by atoms with Gasteiger partial charge in [0.15, 0.2) is 8.32 Å². The Morgan fingerprint density at radius 3 is 2.33 bits per heavy atom. The third-order valence-electron chi connectivity index (χ3n) is 6.02. The molecule has 1 unspecified atom stereocenters. The van der Waals surface area contributed by atoms with Crippen LogP contribution >= 0.6 is 22.6 Å². The molecule has 0 radical (unpaired) electrons. The van der Waals surface area contributed by atoms with Gasteiger partial charge in [-0.15, -0.1) is 0 Å². The maximum absolute atomic E-state index is 6.91. The largest absolute Gasteiger partial charge is 0.413 e. The summed E-state index contributed by atoms with van der Waals surface area (Å²) in [5.41, 5.74) is 0. The zero-order valence-electron chi connectivity index (χ0n) is 17.1. The number of halogens is 1. The van der Waals surface area contributed by atoms with E-state index in [1.165, 1.54) is 57.8 Å². The highest BCUT2D eigenvalue weighted by Gasteiger charge is 2.40. The summed E-state index contributed by atoms with van der Waals surface area (Å²) in [5.74, 6) is 0.781. The van der Waals surface area contributed by atoms with Crippen molar-refractivity contribution in [3.63, 3.8) is 0 Å². The molecule has 1 fully saturated rings.